The molecule has 0 spiro atoms. The minimum absolute atomic E-state index is 0.132. The van der Waals surface area contributed by atoms with Gasteiger partial charge in [0, 0.05) is 37.3 Å². The average Bonchev–Trinajstić information content (AvgIpc) is 3.05. The van der Waals surface area contributed by atoms with Gasteiger partial charge in [-0.05, 0) is 31.7 Å². The standard InChI is InChI=1S/C19H24N2O2S/c1-15-14-24-17(21-15)8-5-11-20-18(22)19(9-12-23-13-10-19)16-6-3-2-4-7-16/h2-4,6-7,14H,5,8-13H2,1H3,(H,20,22). The summed E-state index contributed by atoms with van der Waals surface area (Å²) in [6.07, 6.45) is 3.32. The SMILES string of the molecule is Cc1csc(CCCNC(=O)C2(c3ccccc3)CCOCC2)n1. The summed E-state index contributed by atoms with van der Waals surface area (Å²) in [7, 11) is 0. The van der Waals surface area contributed by atoms with Crippen LogP contribution in [0.15, 0.2) is 35.7 Å². The van der Waals surface area contributed by atoms with Gasteiger partial charge in [-0.15, -0.1) is 11.3 Å². The van der Waals surface area contributed by atoms with Crippen molar-refractivity contribution in [3.05, 3.63) is 52.0 Å². The van der Waals surface area contributed by atoms with Gasteiger partial charge in [-0.2, -0.15) is 0 Å². The van der Waals surface area contributed by atoms with Gasteiger partial charge in [-0.1, -0.05) is 30.3 Å². The van der Waals surface area contributed by atoms with Crippen LogP contribution in [0.5, 0.6) is 0 Å². The number of rotatable bonds is 6. The first kappa shape index (κ1) is 17.1. The maximum Gasteiger partial charge on any atom is 0.230 e. The molecule has 1 amide bonds. The van der Waals surface area contributed by atoms with E-state index in [1.807, 2.05) is 25.1 Å². The van der Waals surface area contributed by atoms with Crippen LogP contribution in [0.25, 0.3) is 0 Å². The van der Waals surface area contributed by atoms with E-state index in [4.69, 9.17) is 4.74 Å². The molecule has 24 heavy (non-hydrogen) atoms. The van der Waals surface area contributed by atoms with E-state index in [9.17, 15) is 4.79 Å². The van der Waals surface area contributed by atoms with Gasteiger partial charge in [0.05, 0.1) is 10.4 Å². The number of amides is 1. The third-order valence-corrected chi connectivity index (χ3v) is 5.65. The molecule has 128 valence electrons. The van der Waals surface area contributed by atoms with Gasteiger partial charge < -0.3 is 10.1 Å². The Bertz CT molecular complexity index is 663. The lowest BCUT2D eigenvalue weighted by Crippen LogP contribution is -2.48. The molecule has 1 aromatic heterocycles. The summed E-state index contributed by atoms with van der Waals surface area (Å²) >= 11 is 1.69. The summed E-state index contributed by atoms with van der Waals surface area (Å²) in [5.74, 6) is 0.132. The molecule has 3 rings (SSSR count). The third kappa shape index (κ3) is 3.84. The number of ether oxygens (including phenoxy) is 1. The average molecular weight is 344 g/mol. The molecule has 1 aromatic carbocycles. The van der Waals surface area contributed by atoms with Crippen molar-refractivity contribution in [2.45, 2.75) is 38.0 Å². The Morgan fingerprint density at radius 2 is 2.04 bits per heavy atom. The molecule has 1 aliphatic heterocycles. The number of benzene rings is 1. The van der Waals surface area contributed by atoms with Crippen molar-refractivity contribution >= 4 is 17.2 Å². The van der Waals surface area contributed by atoms with E-state index in [2.05, 4.69) is 27.8 Å². The maximum absolute atomic E-state index is 13.0. The Balaban J connectivity index is 1.60. The van der Waals surface area contributed by atoms with E-state index in [1.165, 1.54) is 0 Å². The first-order valence-corrected chi connectivity index (χ1v) is 9.41. The highest BCUT2D eigenvalue weighted by molar-refractivity contribution is 7.09. The van der Waals surface area contributed by atoms with Crippen LogP contribution in [0, 0.1) is 6.92 Å². The molecular formula is C19H24N2O2S. The fourth-order valence-electron chi connectivity index (χ4n) is 3.25. The van der Waals surface area contributed by atoms with Gasteiger partial charge in [0.1, 0.15) is 0 Å². The molecule has 0 bridgehead atoms. The molecule has 1 saturated heterocycles. The van der Waals surface area contributed by atoms with E-state index >= 15 is 0 Å². The van der Waals surface area contributed by atoms with Gasteiger partial charge >= 0.3 is 0 Å². The Kier molecular flexibility index (Phi) is 5.63. The topological polar surface area (TPSA) is 51.2 Å². The van der Waals surface area contributed by atoms with Crippen LogP contribution in [0.4, 0.5) is 0 Å². The van der Waals surface area contributed by atoms with Gasteiger partial charge in [0.15, 0.2) is 0 Å². The second-order valence-corrected chi connectivity index (χ2v) is 7.25. The summed E-state index contributed by atoms with van der Waals surface area (Å²) in [6.45, 7) is 3.98. The van der Waals surface area contributed by atoms with Crippen LogP contribution in [-0.2, 0) is 21.4 Å². The molecule has 0 unspecified atom stereocenters. The fourth-order valence-corrected chi connectivity index (χ4v) is 4.07. The number of aryl methyl sites for hydroxylation is 2. The minimum atomic E-state index is -0.447. The van der Waals surface area contributed by atoms with Crippen LogP contribution >= 0.6 is 11.3 Å². The molecule has 2 aromatic rings. The third-order valence-electron chi connectivity index (χ3n) is 4.63. The highest BCUT2D eigenvalue weighted by Crippen LogP contribution is 2.35. The molecule has 0 atom stereocenters. The van der Waals surface area contributed by atoms with Gasteiger partial charge in [-0.3, -0.25) is 4.79 Å². The number of thiazole rings is 1. The molecule has 1 aliphatic rings. The Morgan fingerprint density at radius 1 is 1.29 bits per heavy atom. The summed E-state index contributed by atoms with van der Waals surface area (Å²) in [4.78, 5) is 17.4. The van der Waals surface area contributed by atoms with Crippen molar-refractivity contribution in [1.29, 1.82) is 0 Å². The van der Waals surface area contributed by atoms with E-state index in [0.29, 0.717) is 19.8 Å². The van der Waals surface area contributed by atoms with Crippen molar-refractivity contribution in [3.8, 4) is 0 Å². The van der Waals surface area contributed by atoms with Crippen LogP contribution < -0.4 is 5.32 Å². The highest BCUT2D eigenvalue weighted by Gasteiger charge is 2.41. The Morgan fingerprint density at radius 3 is 2.71 bits per heavy atom. The van der Waals surface area contributed by atoms with Crippen molar-refractivity contribution in [1.82, 2.24) is 10.3 Å². The predicted molar refractivity (Wildman–Crippen MR) is 96.4 cm³/mol. The van der Waals surface area contributed by atoms with Crippen LogP contribution in [0.2, 0.25) is 0 Å². The molecular weight excluding hydrogens is 320 g/mol. The summed E-state index contributed by atoms with van der Waals surface area (Å²) < 4.78 is 5.50. The van der Waals surface area contributed by atoms with Gasteiger partial charge in [0.25, 0.3) is 0 Å². The largest absolute Gasteiger partial charge is 0.381 e. The normalized spacial score (nSPS) is 16.7. The molecule has 0 aliphatic carbocycles. The van der Waals surface area contributed by atoms with E-state index in [0.717, 1.165) is 41.9 Å². The number of carbonyl (C=O) groups excluding carboxylic acids is 1. The second kappa shape index (κ2) is 7.90. The number of nitrogens with zero attached hydrogens (tertiary/aromatic N) is 1. The van der Waals surface area contributed by atoms with Crippen LogP contribution in [-0.4, -0.2) is 30.6 Å². The molecule has 0 radical (unpaired) electrons. The molecule has 1 N–H and O–H groups in total. The highest BCUT2D eigenvalue weighted by atomic mass is 32.1. The number of carbonyl (C=O) groups is 1. The molecule has 5 heteroatoms. The maximum atomic E-state index is 13.0. The second-order valence-electron chi connectivity index (χ2n) is 6.30. The number of hydrogen-bond donors (Lipinski definition) is 1. The zero-order valence-corrected chi connectivity index (χ0v) is 14.9. The van der Waals surface area contributed by atoms with E-state index in [1.54, 1.807) is 11.3 Å². The quantitative estimate of drug-likeness (QED) is 0.819. The lowest BCUT2D eigenvalue weighted by atomic mass is 9.73. The molecule has 4 nitrogen and oxygen atoms in total. The zero-order chi connectivity index (χ0) is 16.8. The van der Waals surface area contributed by atoms with Crippen molar-refractivity contribution in [2.24, 2.45) is 0 Å². The summed E-state index contributed by atoms with van der Waals surface area (Å²) in [5, 5.41) is 6.36. The first-order chi connectivity index (χ1) is 11.7. The Labute approximate surface area is 147 Å². The lowest BCUT2D eigenvalue weighted by Gasteiger charge is -2.36. The monoisotopic (exact) mass is 344 g/mol. The van der Waals surface area contributed by atoms with E-state index < -0.39 is 5.41 Å². The zero-order valence-electron chi connectivity index (χ0n) is 14.1. The van der Waals surface area contributed by atoms with Gasteiger partial charge in [0.2, 0.25) is 5.91 Å². The minimum Gasteiger partial charge on any atom is -0.381 e. The predicted octanol–water partition coefficient (Wildman–Crippen LogP) is 3.25. The number of hydrogen-bond acceptors (Lipinski definition) is 4. The lowest BCUT2D eigenvalue weighted by molar-refractivity contribution is -0.130. The van der Waals surface area contributed by atoms with Crippen molar-refractivity contribution < 1.29 is 9.53 Å². The number of aromatic nitrogens is 1. The van der Waals surface area contributed by atoms with Crippen molar-refractivity contribution in [3.63, 3.8) is 0 Å². The molecule has 2 heterocycles. The Hall–Kier alpha value is -1.72. The molecule has 0 saturated carbocycles. The smallest absolute Gasteiger partial charge is 0.230 e. The fraction of sp³-hybridized carbons (Fsp3) is 0.474. The van der Waals surface area contributed by atoms with Crippen molar-refractivity contribution in [2.75, 3.05) is 19.8 Å². The first-order valence-electron chi connectivity index (χ1n) is 8.53. The van der Waals surface area contributed by atoms with E-state index in [-0.39, 0.29) is 5.91 Å². The van der Waals surface area contributed by atoms with Crippen LogP contribution in [0.1, 0.15) is 35.5 Å². The molecule has 1 fully saturated rings. The van der Waals surface area contributed by atoms with Gasteiger partial charge in [-0.25, -0.2) is 4.98 Å². The number of nitrogens with one attached hydrogen (secondary N) is 1. The summed E-state index contributed by atoms with van der Waals surface area (Å²) in [5.41, 5.74) is 1.72. The summed E-state index contributed by atoms with van der Waals surface area (Å²) in [6, 6.07) is 10.1. The van der Waals surface area contributed by atoms with Crippen LogP contribution in [0.3, 0.4) is 0 Å².